The van der Waals surface area contributed by atoms with E-state index in [1.807, 2.05) is 26.8 Å². The van der Waals surface area contributed by atoms with E-state index >= 15 is 0 Å². The molecule has 0 unspecified atom stereocenters. The highest BCUT2D eigenvalue weighted by molar-refractivity contribution is 9.10. The van der Waals surface area contributed by atoms with Crippen LogP contribution in [-0.2, 0) is 0 Å². The lowest BCUT2D eigenvalue weighted by Crippen LogP contribution is -1.93. The van der Waals surface area contributed by atoms with Crippen LogP contribution in [0.4, 0.5) is 4.39 Å². The van der Waals surface area contributed by atoms with E-state index in [0.717, 1.165) is 5.56 Å². The molecule has 0 bridgehead atoms. The van der Waals surface area contributed by atoms with Crippen molar-refractivity contribution in [2.75, 3.05) is 0 Å². The van der Waals surface area contributed by atoms with Gasteiger partial charge in [0.05, 0.1) is 4.47 Å². The zero-order valence-electron chi connectivity index (χ0n) is 9.49. The van der Waals surface area contributed by atoms with Crippen molar-refractivity contribution in [3.63, 3.8) is 0 Å². The Balaban J connectivity index is 0.000000791. The van der Waals surface area contributed by atoms with Gasteiger partial charge >= 0.3 is 0 Å². The molecule has 0 atom stereocenters. The topological polar surface area (TPSA) is 0 Å². The van der Waals surface area contributed by atoms with Crippen LogP contribution < -0.4 is 0 Å². The van der Waals surface area contributed by atoms with Gasteiger partial charge in [0, 0.05) is 0 Å². The van der Waals surface area contributed by atoms with Crippen molar-refractivity contribution in [3.8, 4) is 0 Å². The first kappa shape index (κ1) is 13.6. The predicted molar refractivity (Wildman–Crippen MR) is 64.3 cm³/mol. The third-order valence-electron chi connectivity index (χ3n) is 1.93. The number of benzene rings is 1. The first-order valence-corrected chi connectivity index (χ1v) is 5.77. The fourth-order valence-electron chi connectivity index (χ4n) is 1.28. The number of hydrogen-bond donors (Lipinski definition) is 0. The molecule has 0 nitrogen and oxygen atoms in total. The van der Waals surface area contributed by atoms with Gasteiger partial charge < -0.3 is 0 Å². The van der Waals surface area contributed by atoms with Crippen molar-refractivity contribution in [2.24, 2.45) is 0 Å². The Bertz CT molecular complexity index is 293. The highest BCUT2D eigenvalue weighted by atomic mass is 79.9. The third kappa shape index (κ3) is 3.41. The summed E-state index contributed by atoms with van der Waals surface area (Å²) in [6.45, 7) is 10.1. The number of halogens is 2. The van der Waals surface area contributed by atoms with Gasteiger partial charge in [-0.3, -0.25) is 0 Å². The summed E-state index contributed by atoms with van der Waals surface area (Å²) in [5.41, 5.74) is 2.22. The third-order valence-corrected chi connectivity index (χ3v) is 2.54. The molecule has 0 amide bonds. The molecule has 0 fully saturated rings. The van der Waals surface area contributed by atoms with Crippen LogP contribution in [-0.4, -0.2) is 0 Å². The molecule has 0 aliphatic carbocycles. The van der Waals surface area contributed by atoms with Gasteiger partial charge in [-0.25, -0.2) is 4.39 Å². The van der Waals surface area contributed by atoms with Crippen LogP contribution in [0.3, 0.4) is 0 Å². The van der Waals surface area contributed by atoms with Crippen LogP contribution in [0.2, 0.25) is 0 Å². The molecule has 1 rings (SSSR count). The molecule has 0 heterocycles. The summed E-state index contributed by atoms with van der Waals surface area (Å²) in [5, 5.41) is 0. The van der Waals surface area contributed by atoms with Gasteiger partial charge in [0.2, 0.25) is 0 Å². The van der Waals surface area contributed by atoms with E-state index in [1.54, 1.807) is 6.07 Å². The van der Waals surface area contributed by atoms with Crippen molar-refractivity contribution in [3.05, 3.63) is 33.5 Å². The summed E-state index contributed by atoms with van der Waals surface area (Å²) in [4.78, 5) is 0. The summed E-state index contributed by atoms with van der Waals surface area (Å²) in [6.07, 6.45) is 0. The second-order valence-electron chi connectivity index (χ2n) is 3.28. The van der Waals surface area contributed by atoms with Gasteiger partial charge in [-0.05, 0) is 52.0 Å². The molecular formula is C12H18BrF. The Kier molecular flexibility index (Phi) is 6.01. The molecule has 0 N–H and O–H groups in total. The van der Waals surface area contributed by atoms with Crippen molar-refractivity contribution in [2.45, 2.75) is 40.5 Å². The molecule has 1 aromatic rings. The molecule has 0 saturated carbocycles. The first-order valence-electron chi connectivity index (χ1n) is 4.98. The summed E-state index contributed by atoms with van der Waals surface area (Å²) in [5.74, 6) is 0.263. The van der Waals surface area contributed by atoms with Gasteiger partial charge in [-0.1, -0.05) is 27.7 Å². The normalized spacial score (nSPS) is 9.71. The predicted octanol–water partition coefficient (Wildman–Crippen LogP) is 5.05. The fraction of sp³-hybridized carbons (Fsp3) is 0.500. The van der Waals surface area contributed by atoms with E-state index in [-0.39, 0.29) is 5.82 Å². The van der Waals surface area contributed by atoms with Gasteiger partial charge in [-0.2, -0.15) is 0 Å². The van der Waals surface area contributed by atoms with E-state index in [9.17, 15) is 4.39 Å². The molecular weight excluding hydrogens is 243 g/mol. The quantitative estimate of drug-likeness (QED) is 0.663. The van der Waals surface area contributed by atoms with Crippen LogP contribution in [0.5, 0.6) is 0 Å². The van der Waals surface area contributed by atoms with E-state index < -0.39 is 0 Å². The molecule has 0 saturated heterocycles. The molecule has 80 valence electrons. The lowest BCUT2D eigenvalue weighted by atomic mass is 9.98. The van der Waals surface area contributed by atoms with E-state index in [0.29, 0.717) is 10.4 Å². The number of aryl methyl sites for hydroxylation is 1. The molecule has 14 heavy (non-hydrogen) atoms. The van der Waals surface area contributed by atoms with Crippen LogP contribution in [0, 0.1) is 12.7 Å². The Labute approximate surface area is 94.7 Å². The van der Waals surface area contributed by atoms with Crippen molar-refractivity contribution in [1.29, 1.82) is 0 Å². The maximum Gasteiger partial charge on any atom is 0.137 e. The lowest BCUT2D eigenvalue weighted by molar-refractivity contribution is 0.617. The average Bonchev–Trinajstić information content (AvgIpc) is 2.14. The SMILES string of the molecule is CC.Cc1cc(F)c(Br)cc1C(C)C. The summed E-state index contributed by atoms with van der Waals surface area (Å²) in [7, 11) is 0. The maximum absolute atomic E-state index is 13.0. The number of hydrogen-bond acceptors (Lipinski definition) is 0. The summed E-state index contributed by atoms with van der Waals surface area (Å²) >= 11 is 3.17. The van der Waals surface area contributed by atoms with Gasteiger partial charge in [0.25, 0.3) is 0 Å². The highest BCUT2D eigenvalue weighted by Gasteiger charge is 2.07. The van der Waals surface area contributed by atoms with Gasteiger partial charge in [-0.15, -0.1) is 0 Å². The second-order valence-corrected chi connectivity index (χ2v) is 4.13. The smallest absolute Gasteiger partial charge is 0.137 e. The molecule has 0 aliphatic heterocycles. The van der Waals surface area contributed by atoms with Crippen LogP contribution in [0.1, 0.15) is 44.7 Å². The van der Waals surface area contributed by atoms with Crippen molar-refractivity contribution >= 4 is 15.9 Å². The van der Waals surface area contributed by atoms with Gasteiger partial charge in [0.1, 0.15) is 5.82 Å². The highest BCUT2D eigenvalue weighted by Crippen LogP contribution is 2.25. The molecule has 0 aromatic heterocycles. The van der Waals surface area contributed by atoms with E-state index in [1.165, 1.54) is 5.56 Å². The monoisotopic (exact) mass is 260 g/mol. The minimum atomic E-state index is -0.183. The van der Waals surface area contributed by atoms with Crippen LogP contribution >= 0.6 is 15.9 Å². The summed E-state index contributed by atoms with van der Waals surface area (Å²) < 4.78 is 13.5. The van der Waals surface area contributed by atoms with Gasteiger partial charge in [0.15, 0.2) is 0 Å². The Hall–Kier alpha value is -0.370. The molecule has 0 aliphatic rings. The van der Waals surface area contributed by atoms with Crippen LogP contribution in [0.15, 0.2) is 16.6 Å². The molecule has 0 spiro atoms. The van der Waals surface area contributed by atoms with Crippen LogP contribution in [0.25, 0.3) is 0 Å². The van der Waals surface area contributed by atoms with E-state index in [4.69, 9.17) is 0 Å². The molecule has 2 heteroatoms. The van der Waals surface area contributed by atoms with Crippen molar-refractivity contribution in [1.82, 2.24) is 0 Å². The molecule has 1 aromatic carbocycles. The largest absolute Gasteiger partial charge is 0.206 e. The minimum absolute atomic E-state index is 0.183. The fourth-order valence-corrected chi connectivity index (χ4v) is 1.64. The average molecular weight is 261 g/mol. The zero-order valence-corrected chi connectivity index (χ0v) is 11.1. The second kappa shape index (κ2) is 6.18. The Morgan fingerprint density at radius 3 is 2.14 bits per heavy atom. The zero-order chi connectivity index (χ0) is 11.3. The Morgan fingerprint density at radius 2 is 1.71 bits per heavy atom. The Morgan fingerprint density at radius 1 is 1.21 bits per heavy atom. The summed E-state index contributed by atoms with van der Waals surface area (Å²) in [6, 6.07) is 3.43. The molecule has 0 radical (unpaired) electrons. The van der Waals surface area contributed by atoms with Crippen molar-refractivity contribution < 1.29 is 4.39 Å². The maximum atomic E-state index is 13.0. The lowest BCUT2D eigenvalue weighted by Gasteiger charge is -2.10. The first-order chi connectivity index (χ1) is 6.52. The van der Waals surface area contributed by atoms with E-state index in [2.05, 4.69) is 29.8 Å². The standard InChI is InChI=1S/C10H12BrF.C2H6/c1-6(2)8-5-9(11)10(12)4-7(8)3;1-2/h4-6H,1-3H3;1-2H3. The number of rotatable bonds is 1. The minimum Gasteiger partial charge on any atom is -0.206 e.